The predicted molar refractivity (Wildman–Crippen MR) is 99.5 cm³/mol. The first-order valence-electron chi connectivity index (χ1n) is 8.56. The molecule has 2 bridgehead atoms. The van der Waals surface area contributed by atoms with Gasteiger partial charge in [0.15, 0.2) is 0 Å². The van der Waals surface area contributed by atoms with Gasteiger partial charge in [-0.3, -0.25) is 0 Å². The lowest BCUT2D eigenvalue weighted by Gasteiger charge is -2.41. The van der Waals surface area contributed by atoms with E-state index in [4.69, 9.17) is 5.73 Å². The van der Waals surface area contributed by atoms with Gasteiger partial charge in [0.2, 0.25) is 0 Å². The van der Waals surface area contributed by atoms with Crippen LogP contribution in [0.2, 0.25) is 0 Å². The topological polar surface area (TPSA) is 38.0 Å². The molecule has 0 saturated carbocycles. The third-order valence-corrected chi connectivity index (χ3v) is 5.98. The normalized spacial score (nSPS) is 26.4. The molecule has 0 amide bonds. The molecule has 0 spiro atoms. The Morgan fingerprint density at radius 3 is 2.83 bits per heavy atom. The van der Waals surface area contributed by atoms with Crippen molar-refractivity contribution in [3.05, 3.63) is 63.6 Å². The molecule has 2 aromatic rings. The highest BCUT2D eigenvalue weighted by Crippen LogP contribution is 2.34. The van der Waals surface area contributed by atoms with Gasteiger partial charge in [0.05, 0.1) is 0 Å². The number of nitrogens with two attached hydrogens (primary N) is 1. The van der Waals surface area contributed by atoms with Crippen molar-refractivity contribution in [2.45, 2.75) is 44.2 Å². The molecule has 2 aliphatic heterocycles. The molecule has 2 aromatic carbocycles. The maximum absolute atomic E-state index is 6.28. The average Bonchev–Trinajstić information content (AvgIpc) is 2.49. The van der Waals surface area contributed by atoms with Crippen LogP contribution in [0.1, 0.15) is 29.5 Å². The van der Waals surface area contributed by atoms with Crippen molar-refractivity contribution in [1.29, 1.82) is 0 Å². The Balaban J connectivity index is 1.61. The van der Waals surface area contributed by atoms with Gasteiger partial charge in [-0.25, -0.2) is 0 Å². The van der Waals surface area contributed by atoms with E-state index < -0.39 is 0 Å². The predicted octanol–water partition coefficient (Wildman–Crippen LogP) is 4.11. The number of fused-ring (bicyclic) bond motifs is 2. The third kappa shape index (κ3) is 3.17. The maximum Gasteiger partial charge on any atom is 0.0349 e. The number of rotatable bonds is 2. The van der Waals surface area contributed by atoms with Crippen molar-refractivity contribution in [3.8, 4) is 0 Å². The van der Waals surface area contributed by atoms with Crippen molar-refractivity contribution >= 4 is 21.6 Å². The van der Waals surface area contributed by atoms with E-state index in [1.165, 1.54) is 34.0 Å². The summed E-state index contributed by atoms with van der Waals surface area (Å²) in [7, 11) is 0. The van der Waals surface area contributed by atoms with E-state index in [0.29, 0.717) is 18.0 Å². The molecule has 0 unspecified atom stereocenters. The molecule has 0 radical (unpaired) electrons. The zero-order valence-electron chi connectivity index (χ0n) is 13.3. The van der Waals surface area contributed by atoms with Crippen molar-refractivity contribution in [3.63, 3.8) is 0 Å². The molecular formula is C20H23BrN2. The number of hydrogen-bond donors (Lipinski definition) is 2. The van der Waals surface area contributed by atoms with E-state index in [1.54, 1.807) is 0 Å². The number of halogens is 1. The summed E-state index contributed by atoms with van der Waals surface area (Å²) in [6.07, 6.45) is 5.92. The molecule has 23 heavy (non-hydrogen) atoms. The van der Waals surface area contributed by atoms with Crippen molar-refractivity contribution in [1.82, 2.24) is 5.32 Å². The highest BCUT2D eigenvalue weighted by Gasteiger charge is 2.33. The Kier molecular flexibility index (Phi) is 4.16. The van der Waals surface area contributed by atoms with Crippen LogP contribution in [0.15, 0.2) is 46.9 Å². The quantitative estimate of drug-likeness (QED) is 0.780. The van der Waals surface area contributed by atoms with Crippen LogP contribution in [0.3, 0.4) is 0 Å². The monoisotopic (exact) mass is 370 g/mol. The number of nitrogens with one attached hydrogen (secondary N) is 1. The Morgan fingerprint density at radius 1 is 1.09 bits per heavy atom. The van der Waals surface area contributed by atoms with Crippen LogP contribution in [0.4, 0.5) is 5.69 Å². The molecule has 5 rings (SSSR count). The summed E-state index contributed by atoms with van der Waals surface area (Å²) in [5, 5.41) is 3.93. The van der Waals surface area contributed by atoms with E-state index in [-0.39, 0.29) is 0 Å². The largest absolute Gasteiger partial charge is 0.398 e. The van der Waals surface area contributed by atoms with Gasteiger partial charge in [0.25, 0.3) is 0 Å². The fraction of sp³-hybridized carbons (Fsp3) is 0.400. The van der Waals surface area contributed by atoms with Gasteiger partial charge < -0.3 is 11.1 Å². The maximum atomic E-state index is 6.28. The number of anilines is 1. The molecule has 1 fully saturated rings. The molecule has 3 heteroatoms. The summed E-state index contributed by atoms with van der Waals surface area (Å²) in [6.45, 7) is 0. The van der Waals surface area contributed by atoms with Gasteiger partial charge in [-0.2, -0.15) is 0 Å². The molecule has 3 aliphatic rings. The smallest absolute Gasteiger partial charge is 0.0349 e. The summed E-state index contributed by atoms with van der Waals surface area (Å²) < 4.78 is 1.17. The lowest BCUT2D eigenvalue weighted by atomic mass is 9.75. The van der Waals surface area contributed by atoms with E-state index in [2.05, 4.69) is 63.7 Å². The minimum Gasteiger partial charge on any atom is -0.398 e. The zero-order chi connectivity index (χ0) is 15.8. The van der Waals surface area contributed by atoms with Crippen LogP contribution in [-0.4, -0.2) is 12.1 Å². The molecule has 0 aromatic heterocycles. The summed E-state index contributed by atoms with van der Waals surface area (Å²) in [6, 6.07) is 16.3. The first kappa shape index (κ1) is 15.2. The van der Waals surface area contributed by atoms with Gasteiger partial charge in [-0.05, 0) is 72.9 Å². The number of piperidine rings is 1. The second kappa shape index (κ2) is 6.29. The summed E-state index contributed by atoms with van der Waals surface area (Å²) in [4.78, 5) is 0. The Morgan fingerprint density at radius 2 is 1.96 bits per heavy atom. The zero-order valence-corrected chi connectivity index (χ0v) is 14.9. The van der Waals surface area contributed by atoms with Crippen LogP contribution in [-0.2, 0) is 19.3 Å². The van der Waals surface area contributed by atoms with Gasteiger partial charge in [-0.1, -0.05) is 40.2 Å². The Bertz CT molecular complexity index is 713. The Hall–Kier alpha value is -1.32. The standard InChI is InChI=1S/C20H23BrN2/c21-16-5-1-3-13(9-16)10-20-15-7-8-17(23-20)11-14-4-2-6-19(22)18(14)12-15/h1-6,9,15,17,20,23H,7-8,10-12,22H2/t15-,17+,20-/m1/s1. The summed E-state index contributed by atoms with van der Waals surface area (Å²) in [5.74, 6) is 0.675. The Labute approximate surface area is 146 Å². The molecular weight excluding hydrogens is 348 g/mol. The molecule has 120 valence electrons. The minimum absolute atomic E-state index is 0.552. The fourth-order valence-corrected chi connectivity index (χ4v) is 4.76. The molecule has 2 nitrogen and oxygen atoms in total. The van der Waals surface area contributed by atoms with Crippen LogP contribution in [0.5, 0.6) is 0 Å². The number of benzene rings is 2. The van der Waals surface area contributed by atoms with Crippen LogP contribution in [0, 0.1) is 5.92 Å². The van der Waals surface area contributed by atoms with E-state index in [0.717, 1.165) is 24.9 Å². The van der Waals surface area contributed by atoms with Crippen molar-refractivity contribution < 1.29 is 0 Å². The third-order valence-electron chi connectivity index (χ3n) is 5.49. The minimum atomic E-state index is 0.552. The number of hydrogen-bond acceptors (Lipinski definition) is 2. The molecule has 1 saturated heterocycles. The van der Waals surface area contributed by atoms with E-state index in [9.17, 15) is 0 Å². The molecule has 3 atom stereocenters. The summed E-state index contributed by atoms with van der Waals surface area (Å²) in [5.41, 5.74) is 11.5. The first-order chi connectivity index (χ1) is 11.2. The van der Waals surface area contributed by atoms with Crippen LogP contribution in [0.25, 0.3) is 0 Å². The average molecular weight is 371 g/mol. The van der Waals surface area contributed by atoms with Gasteiger partial charge in [0.1, 0.15) is 0 Å². The molecule has 3 N–H and O–H groups in total. The van der Waals surface area contributed by atoms with Crippen LogP contribution >= 0.6 is 15.9 Å². The van der Waals surface area contributed by atoms with Crippen molar-refractivity contribution in [2.24, 2.45) is 5.92 Å². The van der Waals surface area contributed by atoms with Crippen LogP contribution < -0.4 is 11.1 Å². The SMILES string of the molecule is Nc1cccc2c1C[C@H]1CC[C@@H](C2)N[C@@H]1Cc1cccc(Br)c1. The lowest BCUT2D eigenvalue weighted by molar-refractivity contribution is 0.217. The second-order valence-electron chi connectivity index (χ2n) is 7.03. The van der Waals surface area contributed by atoms with Gasteiger partial charge in [-0.15, -0.1) is 0 Å². The van der Waals surface area contributed by atoms with E-state index >= 15 is 0 Å². The van der Waals surface area contributed by atoms with Gasteiger partial charge in [0, 0.05) is 22.2 Å². The first-order valence-corrected chi connectivity index (χ1v) is 9.35. The lowest BCUT2D eigenvalue weighted by Crippen LogP contribution is -2.51. The molecule has 1 aliphatic carbocycles. The fourth-order valence-electron chi connectivity index (χ4n) is 4.31. The van der Waals surface area contributed by atoms with Crippen molar-refractivity contribution in [2.75, 3.05) is 5.73 Å². The highest BCUT2D eigenvalue weighted by atomic mass is 79.9. The number of nitrogen functional groups attached to an aromatic ring is 1. The summed E-state index contributed by atoms with van der Waals surface area (Å²) >= 11 is 3.59. The molecule has 2 heterocycles. The van der Waals surface area contributed by atoms with E-state index in [1.807, 2.05) is 0 Å². The second-order valence-corrected chi connectivity index (χ2v) is 7.95. The highest BCUT2D eigenvalue weighted by molar-refractivity contribution is 9.10. The van der Waals surface area contributed by atoms with Gasteiger partial charge >= 0.3 is 0 Å².